The lowest BCUT2D eigenvalue weighted by Crippen LogP contribution is -2.19. The van der Waals surface area contributed by atoms with Gasteiger partial charge in [0.15, 0.2) is 0 Å². The van der Waals surface area contributed by atoms with Crippen molar-refractivity contribution in [1.82, 2.24) is 4.98 Å². The first-order chi connectivity index (χ1) is 7.10. The average Bonchev–Trinajstić information content (AvgIpc) is 2.74. The normalized spacial score (nSPS) is 25.7. The van der Waals surface area contributed by atoms with Crippen LogP contribution in [0.25, 0.3) is 0 Å². The summed E-state index contributed by atoms with van der Waals surface area (Å²) in [4.78, 5) is 15.6. The molecule has 1 aliphatic heterocycles. The minimum atomic E-state index is -0.817. The Hall–Kier alpha value is -0.940. The van der Waals surface area contributed by atoms with Gasteiger partial charge in [0.25, 0.3) is 0 Å². The van der Waals surface area contributed by atoms with Crippen LogP contribution in [0.3, 0.4) is 0 Å². The Bertz CT molecular complexity index is 368. The molecular weight excluding hydrogens is 214 g/mol. The quantitative estimate of drug-likeness (QED) is 0.855. The number of nitrogens with zero attached hydrogens (tertiary/aromatic N) is 1. The zero-order valence-corrected chi connectivity index (χ0v) is 9.34. The number of carboxylic acids is 1. The summed E-state index contributed by atoms with van der Waals surface area (Å²) in [6, 6.07) is 0. The third-order valence-corrected chi connectivity index (χ3v) is 3.79. The van der Waals surface area contributed by atoms with Gasteiger partial charge in [-0.05, 0) is 19.8 Å². The highest BCUT2D eigenvalue weighted by Gasteiger charge is 2.34. The Morgan fingerprint density at radius 1 is 1.80 bits per heavy atom. The number of rotatable bonds is 3. The van der Waals surface area contributed by atoms with Gasteiger partial charge in [-0.15, -0.1) is 11.3 Å². The van der Waals surface area contributed by atoms with Gasteiger partial charge in [-0.3, -0.25) is 4.79 Å². The van der Waals surface area contributed by atoms with Gasteiger partial charge in [-0.25, -0.2) is 4.98 Å². The summed E-state index contributed by atoms with van der Waals surface area (Å²) < 4.78 is 5.65. The van der Waals surface area contributed by atoms with Crippen LogP contribution < -0.4 is 0 Å². The monoisotopic (exact) mass is 227 g/mol. The van der Waals surface area contributed by atoms with Crippen LogP contribution in [0.4, 0.5) is 0 Å². The first-order valence-corrected chi connectivity index (χ1v) is 5.73. The molecule has 0 radical (unpaired) electrons. The number of carboxylic acid groups (broad SMARTS) is 1. The van der Waals surface area contributed by atoms with Gasteiger partial charge in [0, 0.05) is 17.7 Å². The zero-order valence-electron chi connectivity index (χ0n) is 8.52. The number of ether oxygens (including phenoxy) is 1. The van der Waals surface area contributed by atoms with Crippen molar-refractivity contribution in [2.24, 2.45) is 0 Å². The fourth-order valence-corrected chi connectivity index (χ4v) is 2.76. The minimum Gasteiger partial charge on any atom is -0.481 e. The van der Waals surface area contributed by atoms with Crippen LogP contribution in [0.5, 0.6) is 0 Å². The molecule has 4 nitrogen and oxygen atoms in total. The van der Waals surface area contributed by atoms with Crippen LogP contribution in [0.1, 0.15) is 29.7 Å². The van der Waals surface area contributed by atoms with Crippen LogP contribution in [0.15, 0.2) is 6.20 Å². The predicted octanol–water partition coefficient (Wildman–Crippen LogP) is 1.80. The van der Waals surface area contributed by atoms with Gasteiger partial charge >= 0.3 is 5.97 Å². The molecule has 1 aromatic heterocycles. The zero-order chi connectivity index (χ0) is 10.9. The van der Waals surface area contributed by atoms with E-state index in [0.717, 1.165) is 29.3 Å². The van der Waals surface area contributed by atoms with Gasteiger partial charge < -0.3 is 9.84 Å². The van der Waals surface area contributed by atoms with Crippen molar-refractivity contribution in [1.29, 1.82) is 0 Å². The van der Waals surface area contributed by atoms with Crippen molar-refractivity contribution in [2.45, 2.75) is 31.8 Å². The topological polar surface area (TPSA) is 59.4 Å². The second kappa shape index (κ2) is 3.90. The highest BCUT2D eigenvalue weighted by molar-refractivity contribution is 7.11. The molecule has 2 rings (SSSR count). The van der Waals surface area contributed by atoms with Crippen molar-refractivity contribution in [2.75, 3.05) is 6.61 Å². The molecule has 0 aliphatic carbocycles. The summed E-state index contributed by atoms with van der Waals surface area (Å²) >= 11 is 1.44. The van der Waals surface area contributed by atoms with Crippen LogP contribution in [0, 0.1) is 0 Å². The molecule has 1 atom stereocenters. The van der Waals surface area contributed by atoms with Crippen LogP contribution in [-0.2, 0) is 21.6 Å². The maximum Gasteiger partial charge on any atom is 0.308 e. The third kappa shape index (κ3) is 2.18. The molecule has 1 N–H and O–H groups in total. The number of thiazole rings is 1. The molecule has 1 aromatic rings. The number of aliphatic carboxylic acids is 1. The smallest absolute Gasteiger partial charge is 0.308 e. The second-order valence-electron chi connectivity index (χ2n) is 3.89. The maximum absolute atomic E-state index is 10.5. The number of carbonyl (C=O) groups is 1. The van der Waals surface area contributed by atoms with Gasteiger partial charge in [-0.1, -0.05) is 0 Å². The Balaban J connectivity index is 2.15. The summed E-state index contributed by atoms with van der Waals surface area (Å²) in [5, 5.41) is 9.55. The van der Waals surface area contributed by atoms with E-state index in [1.165, 1.54) is 11.3 Å². The minimum absolute atomic E-state index is 0.0494. The molecule has 1 aliphatic rings. The van der Waals surface area contributed by atoms with Crippen molar-refractivity contribution >= 4 is 17.3 Å². The lowest BCUT2D eigenvalue weighted by molar-refractivity contribution is -0.136. The molecular formula is C10H13NO3S. The summed E-state index contributed by atoms with van der Waals surface area (Å²) in [6.45, 7) is 2.79. The van der Waals surface area contributed by atoms with E-state index in [4.69, 9.17) is 9.84 Å². The maximum atomic E-state index is 10.5. The van der Waals surface area contributed by atoms with Gasteiger partial charge in [0.1, 0.15) is 10.6 Å². The van der Waals surface area contributed by atoms with Gasteiger partial charge in [0.2, 0.25) is 0 Å². The average molecular weight is 227 g/mol. The third-order valence-electron chi connectivity index (χ3n) is 2.55. The molecule has 5 heteroatoms. The van der Waals surface area contributed by atoms with E-state index >= 15 is 0 Å². The lowest BCUT2D eigenvalue weighted by atomic mass is 10.0. The first kappa shape index (κ1) is 10.6. The Kier molecular flexibility index (Phi) is 2.75. The van der Waals surface area contributed by atoms with Crippen molar-refractivity contribution in [3.8, 4) is 0 Å². The Morgan fingerprint density at radius 2 is 2.60 bits per heavy atom. The molecule has 1 saturated heterocycles. The highest BCUT2D eigenvalue weighted by atomic mass is 32.1. The van der Waals surface area contributed by atoms with E-state index in [1.807, 2.05) is 6.92 Å². The SMILES string of the molecule is CC1(c2ncc(CC(=O)O)s2)CCCO1. The lowest BCUT2D eigenvalue weighted by Gasteiger charge is -2.19. The predicted molar refractivity (Wildman–Crippen MR) is 56.0 cm³/mol. The van der Waals surface area contributed by atoms with Crippen LogP contribution in [0.2, 0.25) is 0 Å². The van der Waals surface area contributed by atoms with Gasteiger partial charge in [0.05, 0.1) is 6.42 Å². The second-order valence-corrected chi connectivity index (χ2v) is 5.00. The molecule has 2 heterocycles. The van der Waals surface area contributed by atoms with Gasteiger partial charge in [-0.2, -0.15) is 0 Å². The fourth-order valence-electron chi connectivity index (χ4n) is 1.73. The molecule has 82 valence electrons. The number of hydrogen-bond donors (Lipinski definition) is 1. The molecule has 0 spiro atoms. The number of hydrogen-bond acceptors (Lipinski definition) is 4. The van der Waals surface area contributed by atoms with Crippen LogP contribution >= 0.6 is 11.3 Å². The Labute approximate surface area is 91.9 Å². The summed E-state index contributed by atoms with van der Waals surface area (Å²) in [7, 11) is 0. The standard InChI is InChI=1S/C10H13NO3S/c1-10(3-2-4-14-10)9-11-6-7(15-9)5-8(12)13/h6H,2-5H2,1H3,(H,12,13). The van der Waals surface area contributed by atoms with E-state index in [1.54, 1.807) is 6.20 Å². The highest BCUT2D eigenvalue weighted by Crippen LogP contribution is 2.37. The van der Waals surface area contributed by atoms with E-state index in [0.29, 0.717) is 0 Å². The molecule has 0 amide bonds. The first-order valence-electron chi connectivity index (χ1n) is 4.91. The van der Waals surface area contributed by atoms with E-state index in [2.05, 4.69) is 4.98 Å². The largest absolute Gasteiger partial charge is 0.481 e. The summed E-state index contributed by atoms with van der Waals surface area (Å²) in [6.07, 6.45) is 3.70. The van der Waals surface area contributed by atoms with Crippen LogP contribution in [-0.4, -0.2) is 22.7 Å². The van der Waals surface area contributed by atoms with Crippen molar-refractivity contribution in [3.63, 3.8) is 0 Å². The summed E-state index contributed by atoms with van der Waals surface area (Å²) in [5.74, 6) is -0.817. The van der Waals surface area contributed by atoms with E-state index in [9.17, 15) is 4.79 Å². The van der Waals surface area contributed by atoms with Crippen molar-refractivity contribution < 1.29 is 14.6 Å². The molecule has 15 heavy (non-hydrogen) atoms. The molecule has 1 unspecified atom stereocenters. The molecule has 0 saturated carbocycles. The molecule has 0 bridgehead atoms. The number of aromatic nitrogens is 1. The molecule has 0 aromatic carbocycles. The Morgan fingerprint density at radius 3 is 3.20 bits per heavy atom. The van der Waals surface area contributed by atoms with E-state index in [-0.39, 0.29) is 12.0 Å². The fraction of sp³-hybridized carbons (Fsp3) is 0.600. The van der Waals surface area contributed by atoms with Crippen molar-refractivity contribution in [3.05, 3.63) is 16.1 Å². The van der Waals surface area contributed by atoms with E-state index < -0.39 is 5.97 Å². The summed E-state index contributed by atoms with van der Waals surface area (Å²) in [5.41, 5.74) is -0.290. The molecule has 1 fully saturated rings.